The van der Waals surface area contributed by atoms with E-state index in [0.717, 1.165) is 31.0 Å². The average Bonchev–Trinajstić information content (AvgIpc) is 2.85. The molecule has 0 radical (unpaired) electrons. The van der Waals surface area contributed by atoms with E-state index in [1.54, 1.807) is 6.33 Å². The third-order valence-corrected chi connectivity index (χ3v) is 3.16. The van der Waals surface area contributed by atoms with Crippen LogP contribution in [0.25, 0.3) is 0 Å². The van der Waals surface area contributed by atoms with Crippen molar-refractivity contribution in [3.63, 3.8) is 0 Å². The van der Waals surface area contributed by atoms with Crippen LogP contribution in [0.1, 0.15) is 37.0 Å². The van der Waals surface area contributed by atoms with Gasteiger partial charge >= 0.3 is 0 Å². The lowest BCUT2D eigenvalue weighted by molar-refractivity contribution is 0.509. The Kier molecular flexibility index (Phi) is 4.63. The fraction of sp³-hybridized carbons (Fsp3) is 0.500. The van der Waals surface area contributed by atoms with Gasteiger partial charge in [0.2, 0.25) is 0 Å². The minimum atomic E-state index is 0.251. The predicted molar refractivity (Wildman–Crippen MR) is 74.8 cm³/mol. The monoisotopic (exact) mass is 259 g/mol. The summed E-state index contributed by atoms with van der Waals surface area (Å²) in [6.45, 7) is 7.99. The number of hydrogen-bond acceptors (Lipinski definition) is 4. The van der Waals surface area contributed by atoms with Gasteiger partial charge in [-0.05, 0) is 38.1 Å². The van der Waals surface area contributed by atoms with E-state index in [1.165, 1.54) is 5.56 Å². The molecule has 5 heteroatoms. The zero-order valence-electron chi connectivity index (χ0n) is 11.8. The highest BCUT2D eigenvalue weighted by atomic mass is 15.3. The van der Waals surface area contributed by atoms with Crippen molar-refractivity contribution in [3.05, 3.63) is 41.7 Å². The van der Waals surface area contributed by atoms with Crippen LogP contribution in [0.2, 0.25) is 0 Å². The first kappa shape index (κ1) is 13.7. The summed E-state index contributed by atoms with van der Waals surface area (Å²) >= 11 is 0. The number of aryl methyl sites for hydroxylation is 2. The lowest BCUT2D eigenvalue weighted by atomic mass is 10.0. The molecule has 5 nitrogen and oxygen atoms in total. The highest BCUT2D eigenvalue weighted by Crippen LogP contribution is 2.17. The molecular formula is C14H21N5. The Morgan fingerprint density at radius 1 is 1.32 bits per heavy atom. The Labute approximate surface area is 114 Å². The maximum absolute atomic E-state index is 4.35. The van der Waals surface area contributed by atoms with E-state index in [9.17, 15) is 0 Å². The number of likely N-dealkylation sites (N-methyl/N-ethyl adjacent to an activating group) is 1. The summed E-state index contributed by atoms with van der Waals surface area (Å²) in [5.41, 5.74) is 2.29. The van der Waals surface area contributed by atoms with Gasteiger partial charge in [-0.25, -0.2) is 4.98 Å². The molecule has 19 heavy (non-hydrogen) atoms. The first-order valence-electron chi connectivity index (χ1n) is 6.77. The van der Waals surface area contributed by atoms with Gasteiger partial charge in [0.25, 0.3) is 0 Å². The van der Waals surface area contributed by atoms with Crippen LogP contribution in [0.4, 0.5) is 0 Å². The lowest BCUT2D eigenvalue weighted by Crippen LogP contribution is -2.24. The summed E-state index contributed by atoms with van der Waals surface area (Å²) in [4.78, 5) is 8.61. The summed E-state index contributed by atoms with van der Waals surface area (Å²) in [5, 5.41) is 7.73. The van der Waals surface area contributed by atoms with E-state index >= 15 is 0 Å². The summed E-state index contributed by atoms with van der Waals surface area (Å²) in [5.74, 6) is 1.02. The second-order valence-corrected chi connectivity index (χ2v) is 4.54. The van der Waals surface area contributed by atoms with Crippen molar-refractivity contribution in [2.24, 2.45) is 0 Å². The standard InChI is InChI=1S/C14H21N5/c1-4-15-13(12-6-7-16-11(3)8-12)9-14-17-10-18-19(14)5-2/h6-8,10,13,15H,4-5,9H2,1-3H3. The third kappa shape index (κ3) is 3.38. The van der Waals surface area contributed by atoms with Crippen LogP contribution < -0.4 is 5.32 Å². The van der Waals surface area contributed by atoms with Crippen LogP contribution in [0.5, 0.6) is 0 Å². The molecule has 2 rings (SSSR count). The first-order valence-corrected chi connectivity index (χ1v) is 6.77. The summed E-state index contributed by atoms with van der Waals surface area (Å²) in [6, 6.07) is 4.44. The van der Waals surface area contributed by atoms with Gasteiger partial charge in [-0.1, -0.05) is 6.92 Å². The van der Waals surface area contributed by atoms with E-state index < -0.39 is 0 Å². The van der Waals surface area contributed by atoms with Crippen LogP contribution in [-0.2, 0) is 13.0 Å². The summed E-state index contributed by atoms with van der Waals surface area (Å²) < 4.78 is 1.94. The minimum Gasteiger partial charge on any atom is -0.310 e. The fourth-order valence-corrected chi connectivity index (χ4v) is 2.23. The second-order valence-electron chi connectivity index (χ2n) is 4.54. The average molecular weight is 259 g/mol. The van der Waals surface area contributed by atoms with E-state index in [-0.39, 0.29) is 6.04 Å². The van der Waals surface area contributed by atoms with Crippen molar-refractivity contribution in [3.8, 4) is 0 Å². The molecule has 0 aliphatic rings. The van der Waals surface area contributed by atoms with Gasteiger partial charge < -0.3 is 5.32 Å². The maximum atomic E-state index is 4.35. The largest absolute Gasteiger partial charge is 0.310 e. The quantitative estimate of drug-likeness (QED) is 0.860. The summed E-state index contributed by atoms with van der Waals surface area (Å²) in [6.07, 6.45) is 4.32. The molecular weight excluding hydrogens is 238 g/mol. The van der Waals surface area contributed by atoms with Crippen LogP contribution in [0.15, 0.2) is 24.7 Å². The Balaban J connectivity index is 2.21. The smallest absolute Gasteiger partial charge is 0.138 e. The molecule has 2 aromatic heterocycles. The van der Waals surface area contributed by atoms with Crippen LogP contribution in [0.3, 0.4) is 0 Å². The molecule has 1 unspecified atom stereocenters. The fourth-order valence-electron chi connectivity index (χ4n) is 2.23. The SMILES string of the molecule is CCNC(Cc1ncnn1CC)c1ccnc(C)c1. The first-order chi connectivity index (χ1) is 9.24. The molecule has 0 fully saturated rings. The summed E-state index contributed by atoms with van der Waals surface area (Å²) in [7, 11) is 0. The van der Waals surface area contributed by atoms with Crippen LogP contribution in [0, 0.1) is 6.92 Å². The Bertz CT molecular complexity index is 520. The van der Waals surface area contributed by atoms with E-state index in [2.05, 4.69) is 46.4 Å². The zero-order valence-corrected chi connectivity index (χ0v) is 11.8. The number of aromatic nitrogens is 4. The minimum absolute atomic E-state index is 0.251. The molecule has 0 aromatic carbocycles. The van der Waals surface area contributed by atoms with E-state index in [4.69, 9.17) is 0 Å². The maximum Gasteiger partial charge on any atom is 0.138 e. The number of pyridine rings is 1. The van der Waals surface area contributed by atoms with Gasteiger partial charge in [-0.2, -0.15) is 5.10 Å². The molecule has 0 amide bonds. The van der Waals surface area contributed by atoms with Crippen molar-refractivity contribution in [1.82, 2.24) is 25.1 Å². The topological polar surface area (TPSA) is 55.6 Å². The molecule has 2 aromatic rings. The van der Waals surface area contributed by atoms with Gasteiger partial charge in [0.1, 0.15) is 12.2 Å². The molecule has 0 bridgehead atoms. The predicted octanol–water partition coefficient (Wildman–Crippen LogP) is 1.89. The Morgan fingerprint density at radius 2 is 2.16 bits per heavy atom. The lowest BCUT2D eigenvalue weighted by Gasteiger charge is -2.18. The van der Waals surface area contributed by atoms with Crippen molar-refractivity contribution in [2.45, 2.75) is 39.8 Å². The number of rotatable bonds is 6. The number of nitrogens with one attached hydrogen (secondary N) is 1. The van der Waals surface area contributed by atoms with Crippen molar-refractivity contribution < 1.29 is 0 Å². The van der Waals surface area contributed by atoms with Gasteiger partial charge in [0.05, 0.1) is 0 Å². The van der Waals surface area contributed by atoms with Gasteiger partial charge in [0, 0.05) is 30.9 Å². The Hall–Kier alpha value is -1.75. The molecule has 1 N–H and O–H groups in total. The molecule has 2 heterocycles. The molecule has 0 aliphatic heterocycles. The van der Waals surface area contributed by atoms with Gasteiger partial charge in [-0.15, -0.1) is 0 Å². The van der Waals surface area contributed by atoms with Gasteiger partial charge in [-0.3, -0.25) is 9.67 Å². The van der Waals surface area contributed by atoms with E-state index in [1.807, 2.05) is 17.8 Å². The van der Waals surface area contributed by atoms with E-state index in [0.29, 0.717) is 0 Å². The van der Waals surface area contributed by atoms with Gasteiger partial charge in [0.15, 0.2) is 0 Å². The van der Waals surface area contributed by atoms with Crippen molar-refractivity contribution in [2.75, 3.05) is 6.54 Å². The zero-order chi connectivity index (χ0) is 13.7. The molecule has 0 saturated heterocycles. The normalized spacial score (nSPS) is 12.6. The number of nitrogens with zero attached hydrogens (tertiary/aromatic N) is 4. The Morgan fingerprint density at radius 3 is 2.84 bits per heavy atom. The van der Waals surface area contributed by atoms with Crippen LogP contribution in [-0.4, -0.2) is 26.3 Å². The van der Waals surface area contributed by atoms with Crippen molar-refractivity contribution in [1.29, 1.82) is 0 Å². The number of hydrogen-bond donors (Lipinski definition) is 1. The van der Waals surface area contributed by atoms with Crippen LogP contribution >= 0.6 is 0 Å². The molecule has 0 spiro atoms. The third-order valence-electron chi connectivity index (χ3n) is 3.16. The highest BCUT2D eigenvalue weighted by molar-refractivity contribution is 5.20. The second kappa shape index (κ2) is 6.43. The molecule has 0 saturated carbocycles. The molecule has 1 atom stereocenters. The highest BCUT2D eigenvalue weighted by Gasteiger charge is 2.15. The molecule has 102 valence electrons. The van der Waals surface area contributed by atoms with Crippen molar-refractivity contribution >= 4 is 0 Å². The molecule has 0 aliphatic carbocycles.